The summed E-state index contributed by atoms with van der Waals surface area (Å²) in [4.78, 5) is 11.2. The molecule has 0 saturated heterocycles. The van der Waals surface area contributed by atoms with Crippen molar-refractivity contribution in [2.45, 2.75) is 31.9 Å². The molecular weight excluding hydrogens is 212 g/mol. The summed E-state index contributed by atoms with van der Waals surface area (Å²) in [5.41, 5.74) is 2.27. The summed E-state index contributed by atoms with van der Waals surface area (Å²) in [5.74, 6) is 1.19. The van der Waals surface area contributed by atoms with E-state index in [9.17, 15) is 4.79 Å². The topological polar surface area (TPSA) is 55.1 Å². The molecule has 1 aliphatic heterocycles. The van der Waals surface area contributed by atoms with E-state index in [1.807, 2.05) is 0 Å². The molecule has 1 N–H and O–H groups in total. The monoisotopic (exact) mass is 226 g/mol. The Morgan fingerprint density at radius 1 is 1.60 bits per heavy atom. The van der Waals surface area contributed by atoms with Gasteiger partial charge in [-0.2, -0.15) is 16.9 Å². The molecule has 82 valence electrons. The van der Waals surface area contributed by atoms with Gasteiger partial charge >= 0.3 is 5.97 Å². The van der Waals surface area contributed by atoms with Crippen LogP contribution in [0.15, 0.2) is 0 Å². The first kappa shape index (κ1) is 10.5. The van der Waals surface area contributed by atoms with Gasteiger partial charge in [-0.3, -0.25) is 4.68 Å². The van der Waals surface area contributed by atoms with Crippen molar-refractivity contribution >= 4 is 17.7 Å². The van der Waals surface area contributed by atoms with Crippen molar-refractivity contribution in [3.8, 4) is 0 Å². The Morgan fingerprint density at radius 3 is 2.93 bits per heavy atom. The lowest BCUT2D eigenvalue weighted by atomic mass is 10.2. The molecule has 0 bridgehead atoms. The number of aromatic carboxylic acids is 1. The van der Waals surface area contributed by atoms with Gasteiger partial charge in [-0.25, -0.2) is 4.79 Å². The van der Waals surface area contributed by atoms with Crippen LogP contribution in [0.3, 0.4) is 0 Å². The van der Waals surface area contributed by atoms with Crippen LogP contribution in [0.25, 0.3) is 0 Å². The number of nitrogens with zero attached hydrogens (tertiary/aromatic N) is 2. The average Bonchev–Trinajstić information content (AvgIpc) is 2.60. The maximum absolute atomic E-state index is 11.2. The molecular formula is C10H14N2O2S. The normalized spacial score (nSPS) is 14.6. The van der Waals surface area contributed by atoms with Crippen molar-refractivity contribution in [3.63, 3.8) is 0 Å². The lowest BCUT2D eigenvalue weighted by Crippen LogP contribution is -2.14. The smallest absolute Gasteiger partial charge is 0.354 e. The highest BCUT2D eigenvalue weighted by Crippen LogP contribution is 2.31. The number of hydrogen-bond donors (Lipinski definition) is 1. The van der Waals surface area contributed by atoms with Crippen LogP contribution >= 0.6 is 11.8 Å². The van der Waals surface area contributed by atoms with Crippen LogP contribution in [0.4, 0.5) is 0 Å². The number of thioether (sulfide) groups is 1. The number of carboxylic acid groups (broad SMARTS) is 1. The number of aromatic nitrogens is 2. The highest BCUT2D eigenvalue weighted by atomic mass is 32.2. The lowest BCUT2D eigenvalue weighted by Gasteiger charge is -2.08. The van der Waals surface area contributed by atoms with Crippen molar-refractivity contribution in [2.24, 2.45) is 5.92 Å². The Labute approximate surface area is 92.7 Å². The van der Waals surface area contributed by atoms with E-state index in [0.717, 1.165) is 22.8 Å². The number of carbonyl (C=O) groups is 1. The summed E-state index contributed by atoms with van der Waals surface area (Å²) in [7, 11) is 0. The van der Waals surface area contributed by atoms with Crippen molar-refractivity contribution in [1.82, 2.24) is 9.78 Å². The van der Waals surface area contributed by atoms with Gasteiger partial charge in [0.25, 0.3) is 0 Å². The van der Waals surface area contributed by atoms with E-state index >= 15 is 0 Å². The number of carboxylic acids is 1. The average molecular weight is 226 g/mol. The Morgan fingerprint density at radius 2 is 2.33 bits per heavy atom. The minimum Gasteiger partial charge on any atom is -0.477 e. The lowest BCUT2D eigenvalue weighted by molar-refractivity contribution is 0.0681. The van der Waals surface area contributed by atoms with Crippen molar-refractivity contribution in [2.75, 3.05) is 0 Å². The Bertz CT molecular complexity index is 398. The molecule has 0 unspecified atom stereocenters. The SMILES string of the molecule is CC(C)Cn1nc2c(c1C(=O)O)CSC2. The van der Waals surface area contributed by atoms with E-state index in [1.54, 1.807) is 16.4 Å². The third-order valence-electron chi connectivity index (χ3n) is 2.36. The molecule has 0 fully saturated rings. The van der Waals surface area contributed by atoms with Gasteiger partial charge in [0.2, 0.25) is 0 Å². The molecule has 0 amide bonds. The van der Waals surface area contributed by atoms with Crippen LogP contribution in [-0.2, 0) is 18.1 Å². The molecule has 1 aliphatic rings. The summed E-state index contributed by atoms with van der Waals surface area (Å²) in [5, 5.41) is 13.5. The van der Waals surface area contributed by atoms with Crippen LogP contribution in [-0.4, -0.2) is 20.9 Å². The van der Waals surface area contributed by atoms with Crippen molar-refractivity contribution in [1.29, 1.82) is 0 Å². The quantitative estimate of drug-likeness (QED) is 0.856. The van der Waals surface area contributed by atoms with E-state index in [4.69, 9.17) is 5.11 Å². The molecule has 2 heterocycles. The minimum absolute atomic E-state index is 0.392. The van der Waals surface area contributed by atoms with Crippen LogP contribution in [0.5, 0.6) is 0 Å². The van der Waals surface area contributed by atoms with E-state index in [-0.39, 0.29) is 0 Å². The summed E-state index contributed by atoms with van der Waals surface area (Å²) in [6, 6.07) is 0. The molecule has 1 aromatic rings. The molecule has 2 rings (SSSR count). The number of hydrogen-bond acceptors (Lipinski definition) is 3. The first-order chi connectivity index (χ1) is 7.09. The molecule has 0 aromatic carbocycles. The summed E-state index contributed by atoms with van der Waals surface area (Å²) in [6.07, 6.45) is 0. The van der Waals surface area contributed by atoms with Crippen molar-refractivity contribution < 1.29 is 9.90 Å². The van der Waals surface area contributed by atoms with Gasteiger partial charge in [-0.15, -0.1) is 0 Å². The zero-order valence-electron chi connectivity index (χ0n) is 8.86. The summed E-state index contributed by atoms with van der Waals surface area (Å²) < 4.78 is 1.65. The van der Waals surface area contributed by atoms with Gasteiger partial charge in [-0.05, 0) is 5.92 Å². The Hall–Kier alpha value is -0.970. The van der Waals surface area contributed by atoms with Gasteiger partial charge in [0, 0.05) is 23.6 Å². The number of rotatable bonds is 3. The molecule has 1 aromatic heterocycles. The highest BCUT2D eigenvalue weighted by molar-refractivity contribution is 7.98. The minimum atomic E-state index is -0.855. The number of fused-ring (bicyclic) bond motifs is 1. The van der Waals surface area contributed by atoms with E-state index in [0.29, 0.717) is 18.2 Å². The van der Waals surface area contributed by atoms with E-state index in [1.165, 1.54) is 0 Å². The molecule has 0 radical (unpaired) electrons. The summed E-state index contributed by atoms with van der Waals surface area (Å²) in [6.45, 7) is 4.81. The molecule has 0 saturated carbocycles. The van der Waals surface area contributed by atoms with Gasteiger partial charge in [0.05, 0.1) is 5.69 Å². The maximum Gasteiger partial charge on any atom is 0.354 e. The van der Waals surface area contributed by atoms with Crippen LogP contribution in [0.1, 0.15) is 35.6 Å². The predicted molar refractivity (Wildman–Crippen MR) is 59.0 cm³/mol. The van der Waals surface area contributed by atoms with Gasteiger partial charge < -0.3 is 5.11 Å². The van der Waals surface area contributed by atoms with Gasteiger partial charge in [0.1, 0.15) is 0 Å². The zero-order chi connectivity index (χ0) is 11.0. The maximum atomic E-state index is 11.2. The van der Waals surface area contributed by atoms with Crippen LogP contribution in [0, 0.1) is 5.92 Å². The largest absolute Gasteiger partial charge is 0.477 e. The van der Waals surface area contributed by atoms with E-state index in [2.05, 4.69) is 18.9 Å². The third-order valence-corrected chi connectivity index (χ3v) is 3.33. The first-order valence-electron chi connectivity index (χ1n) is 4.99. The molecule has 5 heteroatoms. The van der Waals surface area contributed by atoms with Crippen LogP contribution < -0.4 is 0 Å². The molecule has 0 aliphatic carbocycles. The molecule has 15 heavy (non-hydrogen) atoms. The van der Waals surface area contributed by atoms with Crippen LogP contribution in [0.2, 0.25) is 0 Å². The Balaban J connectivity index is 2.42. The second-order valence-electron chi connectivity index (χ2n) is 4.15. The second kappa shape index (κ2) is 3.89. The van der Waals surface area contributed by atoms with Crippen molar-refractivity contribution in [3.05, 3.63) is 17.0 Å². The Kier molecular flexibility index (Phi) is 2.73. The zero-order valence-corrected chi connectivity index (χ0v) is 9.67. The van der Waals surface area contributed by atoms with Gasteiger partial charge in [0.15, 0.2) is 5.69 Å². The highest BCUT2D eigenvalue weighted by Gasteiger charge is 2.26. The summed E-state index contributed by atoms with van der Waals surface area (Å²) >= 11 is 1.73. The molecule has 0 spiro atoms. The third kappa shape index (κ3) is 1.88. The van der Waals surface area contributed by atoms with E-state index < -0.39 is 5.97 Å². The molecule has 0 atom stereocenters. The second-order valence-corrected chi connectivity index (χ2v) is 5.13. The molecule has 4 nitrogen and oxygen atoms in total. The predicted octanol–water partition coefficient (Wildman–Crippen LogP) is 1.98. The fourth-order valence-corrected chi connectivity index (χ4v) is 2.82. The fourth-order valence-electron chi connectivity index (χ4n) is 1.78. The standard InChI is InChI=1S/C10H14N2O2S/c1-6(2)3-12-9(10(13)14)7-4-15-5-8(7)11-12/h6H,3-5H2,1-2H3,(H,13,14). The first-order valence-corrected chi connectivity index (χ1v) is 6.14. The van der Waals surface area contributed by atoms with Gasteiger partial charge in [-0.1, -0.05) is 13.8 Å². The fraction of sp³-hybridized carbons (Fsp3) is 0.600.